The fourth-order valence-electron chi connectivity index (χ4n) is 4.57. The summed E-state index contributed by atoms with van der Waals surface area (Å²) in [5.41, 5.74) is 1.80. The first-order chi connectivity index (χ1) is 14.5. The van der Waals surface area contributed by atoms with Crippen molar-refractivity contribution in [1.82, 2.24) is 10.2 Å². The first-order valence-corrected chi connectivity index (χ1v) is 10.8. The van der Waals surface area contributed by atoms with Crippen molar-refractivity contribution in [3.8, 4) is 0 Å². The van der Waals surface area contributed by atoms with Gasteiger partial charge in [-0.1, -0.05) is 6.92 Å². The van der Waals surface area contributed by atoms with E-state index in [2.05, 4.69) is 5.32 Å². The third kappa shape index (κ3) is 3.66. The normalized spacial score (nSPS) is 20.6. The molecule has 0 bridgehead atoms. The van der Waals surface area contributed by atoms with Gasteiger partial charge in [-0.3, -0.25) is 24.1 Å². The number of carbonyl (C=O) groups is 4. The molecule has 160 valence electrons. The van der Waals surface area contributed by atoms with Gasteiger partial charge in [0.15, 0.2) is 0 Å². The molecule has 0 aliphatic carbocycles. The van der Waals surface area contributed by atoms with Gasteiger partial charge >= 0.3 is 0 Å². The highest BCUT2D eigenvalue weighted by Crippen LogP contribution is 2.41. The zero-order valence-electron chi connectivity index (χ0n) is 17.4. The van der Waals surface area contributed by atoms with Crippen LogP contribution in [-0.2, 0) is 14.4 Å². The molecular formula is C22H28N4O4. The summed E-state index contributed by atoms with van der Waals surface area (Å²) in [6, 6.07) is 4.77. The van der Waals surface area contributed by atoms with E-state index in [1.165, 1.54) is 0 Å². The van der Waals surface area contributed by atoms with Crippen molar-refractivity contribution >= 4 is 35.0 Å². The smallest absolute Gasteiger partial charge is 0.251 e. The summed E-state index contributed by atoms with van der Waals surface area (Å²) in [7, 11) is 0. The summed E-state index contributed by atoms with van der Waals surface area (Å²) in [6.45, 7) is 4.49. The van der Waals surface area contributed by atoms with Gasteiger partial charge in [-0.05, 0) is 43.9 Å². The van der Waals surface area contributed by atoms with Crippen LogP contribution in [-0.4, -0.2) is 60.7 Å². The average molecular weight is 412 g/mol. The Bertz CT molecular complexity index is 884. The number of likely N-dealkylation sites (tertiary alicyclic amines) is 1. The Balaban J connectivity index is 1.46. The summed E-state index contributed by atoms with van der Waals surface area (Å²) in [5, 5.41) is 2.90. The first kappa shape index (κ1) is 20.4. The number of nitrogens with zero attached hydrogens (tertiary/aromatic N) is 3. The zero-order valence-corrected chi connectivity index (χ0v) is 17.4. The number of benzene rings is 1. The van der Waals surface area contributed by atoms with Gasteiger partial charge in [0.25, 0.3) is 5.91 Å². The Morgan fingerprint density at radius 2 is 1.93 bits per heavy atom. The van der Waals surface area contributed by atoms with Crippen molar-refractivity contribution in [2.45, 2.75) is 51.5 Å². The molecular weight excluding hydrogens is 384 g/mol. The van der Waals surface area contributed by atoms with E-state index < -0.39 is 6.04 Å². The largest absolute Gasteiger partial charge is 0.352 e. The molecule has 1 N–H and O–H groups in total. The van der Waals surface area contributed by atoms with E-state index in [1.807, 2.05) is 11.8 Å². The van der Waals surface area contributed by atoms with E-state index in [-0.39, 0.29) is 23.6 Å². The molecule has 0 spiro atoms. The van der Waals surface area contributed by atoms with E-state index in [4.69, 9.17) is 0 Å². The van der Waals surface area contributed by atoms with Crippen LogP contribution in [0.25, 0.3) is 0 Å². The topological polar surface area (TPSA) is 90.0 Å². The SMILES string of the molecule is CCCN1C(=O)C2CCC(=O)N2c2ccc(C(=O)NCCCN3CCCC3=O)cc21. The Morgan fingerprint density at radius 1 is 1.10 bits per heavy atom. The molecule has 8 nitrogen and oxygen atoms in total. The van der Waals surface area contributed by atoms with Crippen LogP contribution in [0.5, 0.6) is 0 Å². The Hall–Kier alpha value is -2.90. The molecule has 0 saturated carbocycles. The molecule has 2 saturated heterocycles. The second-order valence-electron chi connectivity index (χ2n) is 8.11. The predicted octanol–water partition coefficient (Wildman–Crippen LogP) is 1.68. The lowest BCUT2D eigenvalue weighted by molar-refractivity contribution is -0.127. The van der Waals surface area contributed by atoms with Crippen molar-refractivity contribution in [2.75, 3.05) is 36.0 Å². The lowest BCUT2D eigenvalue weighted by Crippen LogP contribution is -2.52. The van der Waals surface area contributed by atoms with Crippen molar-refractivity contribution in [3.05, 3.63) is 23.8 Å². The highest BCUT2D eigenvalue weighted by molar-refractivity contribution is 6.15. The molecule has 3 aliphatic rings. The van der Waals surface area contributed by atoms with Crippen molar-refractivity contribution < 1.29 is 19.2 Å². The van der Waals surface area contributed by atoms with Crippen LogP contribution in [0.2, 0.25) is 0 Å². The maximum Gasteiger partial charge on any atom is 0.251 e. The molecule has 1 unspecified atom stereocenters. The zero-order chi connectivity index (χ0) is 21.3. The minimum Gasteiger partial charge on any atom is -0.352 e. The van der Waals surface area contributed by atoms with Gasteiger partial charge in [-0.15, -0.1) is 0 Å². The lowest BCUT2D eigenvalue weighted by atomic mass is 10.0. The average Bonchev–Trinajstić information content (AvgIpc) is 3.33. The molecule has 1 aromatic carbocycles. The van der Waals surface area contributed by atoms with E-state index in [0.717, 1.165) is 19.4 Å². The third-order valence-corrected chi connectivity index (χ3v) is 6.06. The molecule has 2 fully saturated rings. The number of hydrogen-bond acceptors (Lipinski definition) is 4. The maximum absolute atomic E-state index is 12.9. The van der Waals surface area contributed by atoms with E-state index in [9.17, 15) is 19.2 Å². The molecule has 30 heavy (non-hydrogen) atoms. The van der Waals surface area contributed by atoms with Crippen LogP contribution in [0.4, 0.5) is 11.4 Å². The monoisotopic (exact) mass is 412 g/mol. The molecule has 0 radical (unpaired) electrons. The quantitative estimate of drug-likeness (QED) is 0.690. The Labute approximate surface area is 176 Å². The third-order valence-electron chi connectivity index (χ3n) is 6.06. The van der Waals surface area contributed by atoms with E-state index >= 15 is 0 Å². The van der Waals surface area contributed by atoms with Crippen LogP contribution in [0.1, 0.15) is 55.8 Å². The lowest BCUT2D eigenvalue weighted by Gasteiger charge is -2.38. The molecule has 3 aliphatic heterocycles. The Kier molecular flexibility index (Phi) is 5.74. The second-order valence-corrected chi connectivity index (χ2v) is 8.11. The summed E-state index contributed by atoms with van der Waals surface area (Å²) >= 11 is 0. The van der Waals surface area contributed by atoms with E-state index in [1.54, 1.807) is 28.0 Å². The maximum atomic E-state index is 12.9. The number of nitrogens with one attached hydrogen (secondary N) is 1. The molecule has 0 aromatic heterocycles. The minimum absolute atomic E-state index is 0.0422. The highest BCUT2D eigenvalue weighted by atomic mass is 16.2. The summed E-state index contributed by atoms with van der Waals surface area (Å²) < 4.78 is 0. The van der Waals surface area contributed by atoms with Gasteiger partial charge in [0.05, 0.1) is 11.4 Å². The van der Waals surface area contributed by atoms with Gasteiger partial charge in [0.1, 0.15) is 6.04 Å². The fraction of sp³-hybridized carbons (Fsp3) is 0.545. The number of hydrogen-bond donors (Lipinski definition) is 1. The van der Waals surface area contributed by atoms with Crippen LogP contribution in [0, 0.1) is 0 Å². The van der Waals surface area contributed by atoms with Crippen LogP contribution in [0.15, 0.2) is 18.2 Å². The number of carbonyl (C=O) groups excluding carboxylic acids is 4. The molecule has 4 amide bonds. The molecule has 4 rings (SSSR count). The van der Waals surface area contributed by atoms with Crippen LogP contribution < -0.4 is 15.1 Å². The minimum atomic E-state index is -0.426. The molecule has 1 aromatic rings. The second kappa shape index (κ2) is 8.45. The number of anilines is 2. The summed E-state index contributed by atoms with van der Waals surface area (Å²) in [4.78, 5) is 54.8. The highest BCUT2D eigenvalue weighted by Gasteiger charge is 2.44. The molecule has 8 heteroatoms. The van der Waals surface area contributed by atoms with Crippen molar-refractivity contribution in [1.29, 1.82) is 0 Å². The van der Waals surface area contributed by atoms with Gasteiger partial charge in [0, 0.05) is 44.6 Å². The van der Waals surface area contributed by atoms with E-state index in [0.29, 0.717) is 62.3 Å². The standard InChI is InChI=1S/C22H28N4O4/c1-2-11-25-18-14-15(21(29)23-10-4-13-24-12-3-5-19(24)27)6-7-16(18)26-17(22(25)30)8-9-20(26)28/h6-7,14,17H,2-5,8-13H2,1H3,(H,23,29). The molecule has 3 heterocycles. The fourth-order valence-corrected chi connectivity index (χ4v) is 4.57. The van der Waals surface area contributed by atoms with Gasteiger partial charge < -0.3 is 15.1 Å². The van der Waals surface area contributed by atoms with Crippen LogP contribution in [0.3, 0.4) is 0 Å². The van der Waals surface area contributed by atoms with Crippen LogP contribution >= 0.6 is 0 Å². The molecule has 1 atom stereocenters. The van der Waals surface area contributed by atoms with Gasteiger partial charge in [0.2, 0.25) is 17.7 Å². The van der Waals surface area contributed by atoms with Gasteiger partial charge in [-0.25, -0.2) is 0 Å². The van der Waals surface area contributed by atoms with Gasteiger partial charge in [-0.2, -0.15) is 0 Å². The number of fused-ring (bicyclic) bond motifs is 3. The first-order valence-electron chi connectivity index (χ1n) is 10.8. The summed E-state index contributed by atoms with van der Waals surface area (Å²) in [5.74, 6) is -0.141. The predicted molar refractivity (Wildman–Crippen MR) is 112 cm³/mol. The Morgan fingerprint density at radius 3 is 2.67 bits per heavy atom. The number of amides is 4. The van der Waals surface area contributed by atoms with Crippen molar-refractivity contribution in [3.63, 3.8) is 0 Å². The number of rotatable bonds is 7. The van der Waals surface area contributed by atoms with Crippen molar-refractivity contribution in [2.24, 2.45) is 0 Å². The summed E-state index contributed by atoms with van der Waals surface area (Å²) in [6.07, 6.45) is 3.93.